The minimum atomic E-state index is -1.13. The predicted molar refractivity (Wildman–Crippen MR) is 99.6 cm³/mol. The highest BCUT2D eigenvalue weighted by atomic mass is 16.4. The average Bonchev–Trinajstić information content (AvgIpc) is 3.08. The van der Waals surface area contributed by atoms with Crippen LogP contribution in [0.1, 0.15) is 36.6 Å². The summed E-state index contributed by atoms with van der Waals surface area (Å²) in [5, 5.41) is 12.0. The molecule has 6 heteroatoms. The van der Waals surface area contributed by atoms with Crippen LogP contribution in [-0.2, 0) is 14.4 Å². The zero-order chi connectivity index (χ0) is 19.4. The average molecular weight is 366 g/mol. The lowest BCUT2D eigenvalue weighted by Crippen LogP contribution is -2.39. The zero-order valence-corrected chi connectivity index (χ0v) is 15.0. The predicted octanol–water partition coefficient (Wildman–Crippen LogP) is 2.54. The molecule has 2 aromatic rings. The van der Waals surface area contributed by atoms with Crippen LogP contribution < -0.4 is 5.32 Å². The largest absolute Gasteiger partial charge is 0.479 e. The van der Waals surface area contributed by atoms with Crippen molar-refractivity contribution >= 4 is 17.8 Å². The van der Waals surface area contributed by atoms with Crippen LogP contribution in [0.5, 0.6) is 0 Å². The third-order valence-corrected chi connectivity index (χ3v) is 4.95. The van der Waals surface area contributed by atoms with Crippen molar-refractivity contribution < 1.29 is 19.5 Å². The second-order valence-corrected chi connectivity index (χ2v) is 6.72. The summed E-state index contributed by atoms with van der Waals surface area (Å²) in [6.07, 6.45) is 0.0874. The first-order chi connectivity index (χ1) is 13.0. The van der Waals surface area contributed by atoms with Crippen LogP contribution in [0.3, 0.4) is 0 Å². The number of hydrogen-bond acceptors (Lipinski definition) is 3. The summed E-state index contributed by atoms with van der Waals surface area (Å²) < 4.78 is 0. The van der Waals surface area contributed by atoms with Gasteiger partial charge in [0.25, 0.3) is 0 Å². The monoisotopic (exact) mass is 366 g/mol. The fraction of sp³-hybridized carbons (Fsp3) is 0.286. The Kier molecular flexibility index (Phi) is 5.54. The molecule has 0 spiro atoms. The van der Waals surface area contributed by atoms with E-state index in [0.717, 1.165) is 5.56 Å². The molecule has 1 heterocycles. The van der Waals surface area contributed by atoms with Gasteiger partial charge in [-0.2, -0.15) is 0 Å². The summed E-state index contributed by atoms with van der Waals surface area (Å²) in [5.41, 5.74) is 1.50. The van der Waals surface area contributed by atoms with Gasteiger partial charge in [0.2, 0.25) is 11.8 Å². The number of carboxylic acids is 1. The number of benzene rings is 2. The molecule has 0 aromatic heterocycles. The molecule has 2 amide bonds. The second kappa shape index (κ2) is 8.03. The van der Waals surface area contributed by atoms with Crippen molar-refractivity contribution in [2.45, 2.75) is 25.4 Å². The zero-order valence-electron chi connectivity index (χ0n) is 15.0. The van der Waals surface area contributed by atoms with Crippen LogP contribution in [0, 0.1) is 5.92 Å². The molecule has 1 aliphatic rings. The molecule has 1 aliphatic heterocycles. The Labute approximate surface area is 157 Å². The second-order valence-electron chi connectivity index (χ2n) is 6.72. The summed E-state index contributed by atoms with van der Waals surface area (Å²) >= 11 is 0. The van der Waals surface area contributed by atoms with Crippen molar-refractivity contribution in [3.8, 4) is 0 Å². The Bertz CT molecular complexity index is 823. The van der Waals surface area contributed by atoms with Crippen molar-refractivity contribution in [2.24, 2.45) is 5.92 Å². The standard InChI is InChI=1S/C21H22N2O4/c1-14(15-8-4-2-5-9-15)23-13-17(12-18(23)24)20(25)22-19(21(26)27)16-10-6-3-7-11-16/h2-11,14,17,19H,12-13H2,1H3,(H,22,25)(H,26,27)/t14?,17?,19-/m0/s1. The highest BCUT2D eigenvalue weighted by Gasteiger charge is 2.38. The Balaban J connectivity index is 1.69. The van der Waals surface area contributed by atoms with E-state index in [1.165, 1.54) is 0 Å². The smallest absolute Gasteiger partial charge is 0.330 e. The molecular formula is C21H22N2O4. The van der Waals surface area contributed by atoms with Gasteiger partial charge in [-0.25, -0.2) is 4.79 Å². The van der Waals surface area contributed by atoms with Gasteiger partial charge in [-0.15, -0.1) is 0 Å². The Morgan fingerprint density at radius 1 is 1.04 bits per heavy atom. The topological polar surface area (TPSA) is 86.7 Å². The first-order valence-corrected chi connectivity index (χ1v) is 8.90. The number of hydrogen-bond donors (Lipinski definition) is 2. The van der Waals surface area contributed by atoms with Gasteiger partial charge in [0.15, 0.2) is 6.04 Å². The third kappa shape index (κ3) is 4.16. The number of likely N-dealkylation sites (tertiary alicyclic amines) is 1. The van der Waals surface area contributed by atoms with Gasteiger partial charge in [-0.05, 0) is 18.1 Å². The highest BCUT2D eigenvalue weighted by Crippen LogP contribution is 2.29. The van der Waals surface area contributed by atoms with Gasteiger partial charge in [0.1, 0.15) is 0 Å². The van der Waals surface area contributed by atoms with E-state index in [0.29, 0.717) is 5.56 Å². The highest BCUT2D eigenvalue weighted by molar-refractivity contribution is 5.91. The fourth-order valence-electron chi connectivity index (χ4n) is 3.39. The van der Waals surface area contributed by atoms with Crippen LogP contribution in [0.2, 0.25) is 0 Å². The lowest BCUT2D eigenvalue weighted by atomic mass is 10.0. The maximum Gasteiger partial charge on any atom is 0.330 e. The van der Waals surface area contributed by atoms with Gasteiger partial charge in [0.05, 0.1) is 12.0 Å². The molecule has 2 aromatic carbocycles. The van der Waals surface area contributed by atoms with E-state index >= 15 is 0 Å². The molecule has 1 saturated heterocycles. The molecule has 3 rings (SSSR count). The van der Waals surface area contributed by atoms with Gasteiger partial charge in [-0.3, -0.25) is 9.59 Å². The number of carboxylic acid groups (broad SMARTS) is 1. The molecule has 1 fully saturated rings. The maximum absolute atomic E-state index is 12.6. The van der Waals surface area contributed by atoms with Crippen molar-refractivity contribution in [1.82, 2.24) is 10.2 Å². The molecule has 0 aliphatic carbocycles. The van der Waals surface area contributed by atoms with Crippen molar-refractivity contribution in [3.05, 3.63) is 71.8 Å². The molecule has 27 heavy (non-hydrogen) atoms. The van der Waals surface area contributed by atoms with Gasteiger partial charge < -0.3 is 15.3 Å². The summed E-state index contributed by atoms with van der Waals surface area (Å²) in [6, 6.07) is 16.9. The molecule has 3 atom stereocenters. The van der Waals surface area contributed by atoms with Gasteiger partial charge in [-0.1, -0.05) is 60.7 Å². The molecule has 0 saturated carbocycles. The SMILES string of the molecule is CC(c1ccccc1)N1CC(C(=O)N[C@H](C(=O)O)c2ccccc2)CC1=O. The molecular weight excluding hydrogens is 344 g/mol. The Hall–Kier alpha value is -3.15. The summed E-state index contributed by atoms with van der Waals surface area (Å²) in [4.78, 5) is 38.3. The van der Waals surface area contributed by atoms with E-state index in [4.69, 9.17) is 0 Å². The molecule has 6 nitrogen and oxygen atoms in total. The number of amides is 2. The van der Waals surface area contributed by atoms with Gasteiger partial charge in [0, 0.05) is 13.0 Å². The fourth-order valence-corrected chi connectivity index (χ4v) is 3.39. The number of nitrogens with zero attached hydrogens (tertiary/aromatic N) is 1. The molecule has 0 bridgehead atoms. The number of aliphatic carboxylic acids is 1. The summed E-state index contributed by atoms with van der Waals surface area (Å²) in [5.74, 6) is -2.21. The normalized spacial score (nSPS) is 18.8. The number of carbonyl (C=O) groups excluding carboxylic acids is 2. The number of rotatable bonds is 6. The lowest BCUT2D eigenvalue weighted by molar-refractivity contribution is -0.142. The van der Waals surface area contributed by atoms with Crippen LogP contribution in [0.25, 0.3) is 0 Å². The van der Waals surface area contributed by atoms with Crippen molar-refractivity contribution in [3.63, 3.8) is 0 Å². The van der Waals surface area contributed by atoms with Crippen LogP contribution in [0.4, 0.5) is 0 Å². The first-order valence-electron chi connectivity index (χ1n) is 8.90. The van der Waals surface area contributed by atoms with E-state index in [-0.39, 0.29) is 24.9 Å². The van der Waals surface area contributed by atoms with Crippen LogP contribution in [0.15, 0.2) is 60.7 Å². The number of carbonyl (C=O) groups is 3. The molecule has 2 N–H and O–H groups in total. The van der Waals surface area contributed by atoms with E-state index in [1.54, 1.807) is 35.2 Å². The van der Waals surface area contributed by atoms with E-state index in [2.05, 4.69) is 5.32 Å². The van der Waals surface area contributed by atoms with Crippen molar-refractivity contribution in [1.29, 1.82) is 0 Å². The van der Waals surface area contributed by atoms with Gasteiger partial charge >= 0.3 is 5.97 Å². The van der Waals surface area contributed by atoms with Crippen LogP contribution in [-0.4, -0.2) is 34.3 Å². The Morgan fingerprint density at radius 3 is 2.15 bits per heavy atom. The van der Waals surface area contributed by atoms with Crippen molar-refractivity contribution in [2.75, 3.05) is 6.54 Å². The maximum atomic E-state index is 12.6. The first kappa shape index (κ1) is 18.6. The van der Waals surface area contributed by atoms with E-state index in [9.17, 15) is 19.5 Å². The quantitative estimate of drug-likeness (QED) is 0.823. The number of nitrogens with one attached hydrogen (secondary N) is 1. The van der Waals surface area contributed by atoms with Crippen LogP contribution >= 0.6 is 0 Å². The van der Waals surface area contributed by atoms with E-state index in [1.807, 2.05) is 37.3 Å². The summed E-state index contributed by atoms with van der Waals surface area (Å²) in [7, 11) is 0. The minimum Gasteiger partial charge on any atom is -0.479 e. The third-order valence-electron chi connectivity index (χ3n) is 4.95. The van der Waals surface area contributed by atoms with E-state index < -0.39 is 23.8 Å². The minimum absolute atomic E-state index is 0.0874. The molecule has 0 radical (unpaired) electrons. The lowest BCUT2D eigenvalue weighted by Gasteiger charge is -2.25. The Morgan fingerprint density at radius 2 is 1.59 bits per heavy atom. The molecule has 2 unspecified atom stereocenters. The molecule has 140 valence electrons. The summed E-state index contributed by atoms with van der Waals surface area (Å²) in [6.45, 7) is 2.21.